The normalized spacial score (nSPS) is 28.6. The Morgan fingerprint density at radius 2 is 2.19 bits per heavy atom. The standard InChI is InChI=1S/C13H17N2O/c1-16-13-4-2-10(3-5-13)8-15-9-11-6-12(15)7-14-11/h2-5,11-12H,6-9H2,1H3/t11-,12-/m0/s1. The third-order valence-electron chi connectivity index (χ3n) is 3.62. The summed E-state index contributed by atoms with van der Waals surface area (Å²) in [5.74, 6) is 0.932. The van der Waals surface area contributed by atoms with Crippen molar-refractivity contribution in [3.8, 4) is 5.75 Å². The summed E-state index contributed by atoms with van der Waals surface area (Å²) in [5, 5.41) is 4.56. The molecule has 2 fully saturated rings. The van der Waals surface area contributed by atoms with Crippen molar-refractivity contribution < 1.29 is 4.74 Å². The van der Waals surface area contributed by atoms with E-state index < -0.39 is 0 Å². The van der Waals surface area contributed by atoms with Crippen LogP contribution in [0, 0.1) is 0 Å². The molecule has 0 aromatic heterocycles. The Bertz CT molecular complexity index is 363. The van der Waals surface area contributed by atoms with Gasteiger partial charge in [0, 0.05) is 31.7 Å². The van der Waals surface area contributed by atoms with Crippen LogP contribution < -0.4 is 10.1 Å². The van der Waals surface area contributed by atoms with Gasteiger partial charge in [0.05, 0.1) is 7.11 Å². The number of piperazine rings is 1. The van der Waals surface area contributed by atoms with Gasteiger partial charge in [0.15, 0.2) is 0 Å². The number of nitrogens with zero attached hydrogens (tertiary/aromatic N) is 2. The first-order valence-electron chi connectivity index (χ1n) is 5.89. The largest absolute Gasteiger partial charge is 0.497 e. The van der Waals surface area contributed by atoms with Crippen LogP contribution >= 0.6 is 0 Å². The number of rotatable bonds is 3. The van der Waals surface area contributed by atoms with Crippen LogP contribution in [0.15, 0.2) is 24.3 Å². The van der Waals surface area contributed by atoms with Gasteiger partial charge in [-0.15, -0.1) is 0 Å². The van der Waals surface area contributed by atoms with Gasteiger partial charge in [0.2, 0.25) is 0 Å². The summed E-state index contributed by atoms with van der Waals surface area (Å²) < 4.78 is 5.16. The molecule has 2 bridgehead atoms. The van der Waals surface area contributed by atoms with Gasteiger partial charge in [-0.1, -0.05) is 12.1 Å². The van der Waals surface area contributed by atoms with E-state index in [2.05, 4.69) is 22.3 Å². The van der Waals surface area contributed by atoms with Crippen LogP contribution in [0.5, 0.6) is 5.75 Å². The van der Waals surface area contributed by atoms with E-state index in [1.165, 1.54) is 12.0 Å². The average molecular weight is 217 g/mol. The molecule has 0 N–H and O–H groups in total. The van der Waals surface area contributed by atoms with Gasteiger partial charge < -0.3 is 4.74 Å². The highest BCUT2D eigenvalue weighted by Crippen LogP contribution is 2.26. The van der Waals surface area contributed by atoms with Crippen molar-refractivity contribution in [2.24, 2.45) is 0 Å². The Morgan fingerprint density at radius 1 is 1.38 bits per heavy atom. The molecule has 2 aliphatic rings. The van der Waals surface area contributed by atoms with Crippen molar-refractivity contribution in [2.75, 3.05) is 20.2 Å². The Morgan fingerprint density at radius 3 is 2.75 bits per heavy atom. The molecule has 1 aromatic carbocycles. The predicted molar refractivity (Wildman–Crippen MR) is 62.6 cm³/mol. The predicted octanol–water partition coefficient (Wildman–Crippen LogP) is 1.26. The molecule has 0 spiro atoms. The Kier molecular flexibility index (Phi) is 2.58. The highest BCUT2D eigenvalue weighted by molar-refractivity contribution is 5.27. The van der Waals surface area contributed by atoms with Crippen LogP contribution in [0.2, 0.25) is 0 Å². The summed E-state index contributed by atoms with van der Waals surface area (Å²) in [6, 6.07) is 9.70. The van der Waals surface area contributed by atoms with E-state index in [0.29, 0.717) is 12.1 Å². The fraction of sp³-hybridized carbons (Fsp3) is 0.538. The second-order valence-electron chi connectivity index (χ2n) is 4.69. The number of ether oxygens (including phenoxy) is 1. The maximum Gasteiger partial charge on any atom is 0.118 e. The molecule has 1 radical (unpaired) electrons. The Hall–Kier alpha value is -1.06. The lowest BCUT2D eigenvalue weighted by molar-refractivity contribution is 0.216. The minimum absolute atomic E-state index is 0.614. The van der Waals surface area contributed by atoms with Crippen molar-refractivity contribution in [1.29, 1.82) is 0 Å². The van der Waals surface area contributed by atoms with E-state index in [1.807, 2.05) is 12.1 Å². The van der Waals surface area contributed by atoms with Crippen LogP contribution in [0.1, 0.15) is 12.0 Å². The zero-order valence-corrected chi connectivity index (χ0v) is 9.60. The van der Waals surface area contributed by atoms with Gasteiger partial charge in [-0.25, -0.2) is 5.32 Å². The minimum Gasteiger partial charge on any atom is -0.497 e. The molecule has 2 aliphatic heterocycles. The van der Waals surface area contributed by atoms with Gasteiger partial charge in [-0.3, -0.25) is 4.90 Å². The molecule has 0 aliphatic carbocycles. The summed E-state index contributed by atoms with van der Waals surface area (Å²) in [4.78, 5) is 2.56. The number of hydrogen-bond acceptors (Lipinski definition) is 2. The quantitative estimate of drug-likeness (QED) is 0.762. The molecule has 0 amide bonds. The van der Waals surface area contributed by atoms with Crippen molar-refractivity contribution >= 4 is 0 Å². The number of benzene rings is 1. The average Bonchev–Trinajstić information content (AvgIpc) is 2.92. The fourth-order valence-electron chi connectivity index (χ4n) is 2.71. The number of likely N-dealkylation sites (tertiary alicyclic amines) is 1. The molecule has 2 heterocycles. The van der Waals surface area contributed by atoms with Crippen molar-refractivity contribution in [3.63, 3.8) is 0 Å². The third kappa shape index (κ3) is 1.81. The molecule has 0 unspecified atom stereocenters. The minimum atomic E-state index is 0.614. The van der Waals surface area contributed by atoms with Crippen LogP contribution in [-0.2, 0) is 6.54 Å². The maximum atomic E-state index is 5.16. The van der Waals surface area contributed by atoms with E-state index in [1.54, 1.807) is 7.11 Å². The number of hydrogen-bond donors (Lipinski definition) is 0. The van der Waals surface area contributed by atoms with Crippen LogP contribution in [0.25, 0.3) is 0 Å². The highest BCUT2D eigenvalue weighted by atomic mass is 16.5. The first kappa shape index (κ1) is 10.1. The summed E-state index contributed by atoms with van der Waals surface area (Å²) in [5.41, 5.74) is 1.37. The zero-order valence-electron chi connectivity index (χ0n) is 9.60. The molecule has 3 nitrogen and oxygen atoms in total. The van der Waals surface area contributed by atoms with Crippen LogP contribution in [-0.4, -0.2) is 37.2 Å². The zero-order chi connectivity index (χ0) is 11.0. The van der Waals surface area contributed by atoms with Gasteiger partial charge in [0.25, 0.3) is 0 Å². The number of fused-ring (bicyclic) bond motifs is 2. The Labute approximate surface area is 96.4 Å². The second-order valence-corrected chi connectivity index (χ2v) is 4.69. The summed E-state index contributed by atoms with van der Waals surface area (Å²) in [6.45, 7) is 3.25. The smallest absolute Gasteiger partial charge is 0.118 e. The fourth-order valence-corrected chi connectivity index (χ4v) is 2.71. The van der Waals surface area contributed by atoms with Gasteiger partial charge >= 0.3 is 0 Å². The molecule has 2 atom stereocenters. The lowest BCUT2D eigenvalue weighted by Gasteiger charge is -2.26. The van der Waals surface area contributed by atoms with Gasteiger partial charge in [-0.05, 0) is 24.1 Å². The van der Waals surface area contributed by atoms with E-state index in [4.69, 9.17) is 4.74 Å². The summed E-state index contributed by atoms with van der Waals surface area (Å²) >= 11 is 0. The van der Waals surface area contributed by atoms with Crippen LogP contribution in [0.4, 0.5) is 0 Å². The van der Waals surface area contributed by atoms with Crippen molar-refractivity contribution in [3.05, 3.63) is 29.8 Å². The summed E-state index contributed by atoms with van der Waals surface area (Å²) in [6.07, 6.45) is 1.27. The van der Waals surface area contributed by atoms with Gasteiger partial charge in [0.1, 0.15) is 5.75 Å². The molecule has 85 valence electrons. The molecule has 16 heavy (non-hydrogen) atoms. The molecular weight excluding hydrogens is 200 g/mol. The highest BCUT2D eigenvalue weighted by Gasteiger charge is 2.38. The van der Waals surface area contributed by atoms with Crippen LogP contribution in [0.3, 0.4) is 0 Å². The first-order chi connectivity index (χ1) is 7.85. The topological polar surface area (TPSA) is 26.6 Å². The Balaban J connectivity index is 1.65. The van der Waals surface area contributed by atoms with E-state index >= 15 is 0 Å². The molecule has 3 heteroatoms. The molecule has 1 aromatic rings. The lowest BCUT2D eigenvalue weighted by Crippen LogP contribution is -2.39. The SMILES string of the molecule is COc1ccc(CN2C[C@@H]3C[C@H]2C[N]3)cc1. The van der Waals surface area contributed by atoms with Crippen molar-refractivity contribution in [1.82, 2.24) is 10.2 Å². The molecular formula is C13H17N2O. The van der Waals surface area contributed by atoms with E-state index in [-0.39, 0.29) is 0 Å². The molecule has 0 saturated carbocycles. The lowest BCUT2D eigenvalue weighted by atomic mass is 10.2. The first-order valence-corrected chi connectivity index (χ1v) is 5.89. The molecule has 3 rings (SSSR count). The molecule has 2 saturated heterocycles. The van der Waals surface area contributed by atoms with E-state index in [0.717, 1.165) is 25.4 Å². The number of methoxy groups -OCH3 is 1. The third-order valence-corrected chi connectivity index (χ3v) is 3.62. The van der Waals surface area contributed by atoms with E-state index in [9.17, 15) is 0 Å². The van der Waals surface area contributed by atoms with Crippen molar-refractivity contribution in [2.45, 2.75) is 25.0 Å². The van der Waals surface area contributed by atoms with Gasteiger partial charge in [-0.2, -0.15) is 0 Å². The maximum absolute atomic E-state index is 5.16. The second kappa shape index (κ2) is 4.07. The summed E-state index contributed by atoms with van der Waals surface area (Å²) in [7, 11) is 1.70. The monoisotopic (exact) mass is 217 g/mol.